The molecule has 1 atom stereocenters. The van der Waals surface area contributed by atoms with Crippen LogP contribution < -0.4 is 15.8 Å². The molecule has 0 spiro atoms. The van der Waals surface area contributed by atoms with Crippen molar-refractivity contribution in [1.82, 2.24) is 19.3 Å². The van der Waals surface area contributed by atoms with Gasteiger partial charge in [0.1, 0.15) is 23.6 Å². The molecule has 4 N–H and O–H groups in total. The predicted octanol–water partition coefficient (Wildman–Crippen LogP) is 0.838. The molecule has 2 amide bonds. The molecule has 10 nitrogen and oxygen atoms in total. The van der Waals surface area contributed by atoms with Gasteiger partial charge in [0.05, 0.1) is 23.9 Å². The summed E-state index contributed by atoms with van der Waals surface area (Å²) in [5, 5.41) is 16.8. The summed E-state index contributed by atoms with van der Waals surface area (Å²) in [4.78, 5) is 28.9. The van der Waals surface area contributed by atoms with Gasteiger partial charge in [-0.15, -0.1) is 0 Å². The Morgan fingerprint density at radius 1 is 1.39 bits per heavy atom. The van der Waals surface area contributed by atoms with Gasteiger partial charge in [0.2, 0.25) is 11.9 Å². The second-order valence-corrected chi connectivity index (χ2v) is 6.60. The first-order valence-corrected chi connectivity index (χ1v) is 8.88. The zero-order valence-electron chi connectivity index (χ0n) is 15.5. The van der Waals surface area contributed by atoms with E-state index in [1.54, 1.807) is 15.3 Å². The van der Waals surface area contributed by atoms with Crippen LogP contribution in [-0.4, -0.2) is 49.5 Å². The van der Waals surface area contributed by atoms with E-state index < -0.39 is 11.9 Å². The molecule has 0 radical (unpaired) electrons. The van der Waals surface area contributed by atoms with Crippen molar-refractivity contribution in [3.05, 3.63) is 35.2 Å². The van der Waals surface area contributed by atoms with Gasteiger partial charge < -0.3 is 15.6 Å². The van der Waals surface area contributed by atoms with Crippen LogP contribution in [0.15, 0.2) is 18.2 Å². The highest BCUT2D eigenvalue weighted by atomic mass is 16.5. The van der Waals surface area contributed by atoms with Crippen molar-refractivity contribution in [2.45, 2.75) is 26.4 Å². The third-order valence-electron chi connectivity index (χ3n) is 4.70. The molecule has 1 aliphatic heterocycles. The third kappa shape index (κ3) is 2.78. The Kier molecular flexibility index (Phi) is 4.27. The maximum Gasteiger partial charge on any atom is 0.276 e. The minimum absolute atomic E-state index is 0.173. The van der Waals surface area contributed by atoms with Crippen molar-refractivity contribution in [1.29, 1.82) is 0 Å². The largest absolute Gasteiger partial charge is 0.489 e. The first-order valence-electron chi connectivity index (χ1n) is 8.88. The Morgan fingerprint density at radius 3 is 2.86 bits per heavy atom. The number of carbonyl (C=O) groups is 2. The van der Waals surface area contributed by atoms with Gasteiger partial charge >= 0.3 is 0 Å². The van der Waals surface area contributed by atoms with Crippen molar-refractivity contribution in [3.63, 3.8) is 0 Å². The van der Waals surface area contributed by atoms with E-state index in [1.807, 2.05) is 13.8 Å². The minimum Gasteiger partial charge on any atom is -0.489 e. The molecule has 0 unspecified atom stereocenters. The number of anilines is 1. The Hall–Kier alpha value is -3.40. The molecule has 2 aromatic heterocycles. The number of ether oxygens (including phenoxy) is 1. The number of aryl methyl sites for hydroxylation is 2. The lowest BCUT2D eigenvalue weighted by Crippen LogP contribution is -2.28. The number of imidazole rings is 1. The molecule has 0 aliphatic carbocycles. The lowest BCUT2D eigenvalue weighted by atomic mass is 10.1. The molecule has 28 heavy (non-hydrogen) atoms. The number of amides is 2. The average molecular weight is 384 g/mol. The number of aliphatic hydroxyl groups excluding tert-OH is 1. The number of nitrogens with zero attached hydrogens (tertiary/aromatic N) is 4. The van der Waals surface area contributed by atoms with E-state index in [4.69, 9.17) is 10.5 Å². The monoisotopic (exact) mass is 384 g/mol. The van der Waals surface area contributed by atoms with E-state index in [0.29, 0.717) is 29.0 Å². The van der Waals surface area contributed by atoms with Gasteiger partial charge in [-0.2, -0.15) is 5.10 Å². The number of nitrogens with two attached hydrogens (primary N) is 1. The van der Waals surface area contributed by atoms with E-state index >= 15 is 0 Å². The molecule has 4 rings (SSSR count). The molecule has 10 heteroatoms. The van der Waals surface area contributed by atoms with Crippen LogP contribution in [-0.2, 0) is 6.54 Å². The standard InChI is InChI=1S/C18H20N6O4/c1-3-23-13(4-9(2)22-23)17(27)21-18-20-12-5-10(16(19)26)6-14-15(12)24(18)11(7-25)8-28-14/h4-6,11,25H,3,7-8H2,1-2H3,(H2,19,26)(H,20,21,27)/t11-/m0/s1. The van der Waals surface area contributed by atoms with Crippen LogP contribution in [0.2, 0.25) is 0 Å². The van der Waals surface area contributed by atoms with Crippen LogP contribution in [0.3, 0.4) is 0 Å². The normalized spacial score (nSPS) is 15.5. The third-order valence-corrected chi connectivity index (χ3v) is 4.70. The topological polar surface area (TPSA) is 137 Å². The van der Waals surface area contributed by atoms with Gasteiger partial charge in [0, 0.05) is 12.1 Å². The maximum atomic E-state index is 12.8. The quantitative estimate of drug-likeness (QED) is 0.596. The molecular weight excluding hydrogens is 364 g/mol. The SMILES string of the molecule is CCn1nc(C)cc1C(=O)Nc1nc2cc(C(N)=O)cc3c2n1[C@@H](CO)CO3. The molecule has 0 saturated carbocycles. The molecule has 0 fully saturated rings. The van der Waals surface area contributed by atoms with Gasteiger partial charge in [-0.25, -0.2) is 4.98 Å². The van der Waals surface area contributed by atoms with Gasteiger partial charge in [-0.1, -0.05) is 0 Å². The molecule has 3 heterocycles. The predicted molar refractivity (Wildman–Crippen MR) is 100 cm³/mol. The van der Waals surface area contributed by atoms with Gasteiger partial charge in [-0.05, 0) is 32.0 Å². The zero-order chi connectivity index (χ0) is 20.0. The van der Waals surface area contributed by atoms with Gasteiger partial charge in [-0.3, -0.25) is 24.2 Å². The number of benzene rings is 1. The summed E-state index contributed by atoms with van der Waals surface area (Å²) in [5.41, 5.74) is 7.82. The van der Waals surface area contributed by atoms with Crippen molar-refractivity contribution < 1.29 is 19.4 Å². The fourth-order valence-corrected chi connectivity index (χ4v) is 3.42. The highest BCUT2D eigenvalue weighted by Crippen LogP contribution is 2.37. The zero-order valence-corrected chi connectivity index (χ0v) is 15.5. The van der Waals surface area contributed by atoms with Crippen molar-refractivity contribution >= 4 is 28.8 Å². The Bertz CT molecular complexity index is 1100. The summed E-state index contributed by atoms with van der Waals surface area (Å²) in [6.45, 7) is 4.23. The number of aliphatic hydroxyl groups is 1. The number of rotatable bonds is 5. The fourth-order valence-electron chi connectivity index (χ4n) is 3.42. The van der Waals surface area contributed by atoms with Crippen LogP contribution in [0.1, 0.15) is 39.5 Å². The average Bonchev–Trinajstić information content (AvgIpc) is 3.23. The number of primary amides is 1. The number of hydrogen-bond donors (Lipinski definition) is 3. The maximum absolute atomic E-state index is 12.8. The van der Waals surface area contributed by atoms with Crippen molar-refractivity contribution in [2.24, 2.45) is 5.73 Å². The molecule has 146 valence electrons. The van der Waals surface area contributed by atoms with Crippen molar-refractivity contribution in [3.8, 4) is 5.75 Å². The fraction of sp³-hybridized carbons (Fsp3) is 0.333. The molecule has 3 aromatic rings. The number of hydrogen-bond acceptors (Lipinski definition) is 6. The Labute approximate surface area is 159 Å². The molecule has 0 bridgehead atoms. The smallest absolute Gasteiger partial charge is 0.276 e. The van der Waals surface area contributed by atoms with E-state index in [1.165, 1.54) is 12.1 Å². The molecule has 0 saturated heterocycles. The number of aromatic nitrogens is 4. The van der Waals surface area contributed by atoms with E-state index in [9.17, 15) is 14.7 Å². The first-order chi connectivity index (χ1) is 13.4. The van der Waals surface area contributed by atoms with Crippen LogP contribution in [0.5, 0.6) is 5.75 Å². The van der Waals surface area contributed by atoms with E-state index in [2.05, 4.69) is 15.4 Å². The molecular formula is C18H20N6O4. The van der Waals surface area contributed by atoms with E-state index in [-0.39, 0.29) is 30.6 Å². The number of nitrogens with one attached hydrogen (secondary N) is 1. The Morgan fingerprint density at radius 2 is 2.18 bits per heavy atom. The van der Waals surface area contributed by atoms with Gasteiger partial charge in [0.25, 0.3) is 5.91 Å². The summed E-state index contributed by atoms with van der Waals surface area (Å²) < 4.78 is 9.00. The summed E-state index contributed by atoms with van der Waals surface area (Å²) >= 11 is 0. The highest BCUT2D eigenvalue weighted by molar-refractivity contribution is 6.04. The summed E-state index contributed by atoms with van der Waals surface area (Å²) in [6.07, 6.45) is 0. The van der Waals surface area contributed by atoms with Crippen LogP contribution in [0.25, 0.3) is 11.0 Å². The van der Waals surface area contributed by atoms with Crippen LogP contribution >= 0.6 is 0 Å². The van der Waals surface area contributed by atoms with Crippen LogP contribution in [0, 0.1) is 6.92 Å². The van der Waals surface area contributed by atoms with Gasteiger partial charge in [0.15, 0.2) is 0 Å². The summed E-state index contributed by atoms with van der Waals surface area (Å²) in [5.74, 6) is -0.285. The van der Waals surface area contributed by atoms with Crippen molar-refractivity contribution in [2.75, 3.05) is 18.5 Å². The lowest BCUT2D eigenvalue weighted by molar-refractivity contribution is 0.0995. The summed E-state index contributed by atoms with van der Waals surface area (Å²) in [7, 11) is 0. The van der Waals surface area contributed by atoms with E-state index in [0.717, 1.165) is 5.69 Å². The number of carbonyl (C=O) groups excluding carboxylic acids is 2. The second-order valence-electron chi connectivity index (χ2n) is 6.60. The molecule has 1 aromatic carbocycles. The first kappa shape index (κ1) is 18.0. The van der Waals surface area contributed by atoms with Crippen LogP contribution in [0.4, 0.5) is 5.95 Å². The highest BCUT2D eigenvalue weighted by Gasteiger charge is 2.29. The Balaban J connectivity index is 1.82. The second kappa shape index (κ2) is 6.64. The molecule has 1 aliphatic rings. The lowest BCUT2D eigenvalue weighted by Gasteiger charge is -2.25. The minimum atomic E-state index is -0.603. The summed E-state index contributed by atoms with van der Waals surface area (Å²) in [6, 6.07) is 4.35.